The van der Waals surface area contributed by atoms with Crippen molar-refractivity contribution in [1.82, 2.24) is 0 Å². The molecule has 21 heavy (non-hydrogen) atoms. The van der Waals surface area contributed by atoms with Crippen molar-refractivity contribution in [2.24, 2.45) is 0 Å². The lowest BCUT2D eigenvalue weighted by molar-refractivity contribution is 0.0686. The van der Waals surface area contributed by atoms with E-state index in [-0.39, 0.29) is 0 Å². The molecule has 2 rings (SSSR count). The van der Waals surface area contributed by atoms with Gasteiger partial charge in [0.1, 0.15) is 0 Å². The van der Waals surface area contributed by atoms with Crippen LogP contribution in [0.4, 0.5) is 0 Å². The van der Waals surface area contributed by atoms with E-state index in [1.807, 2.05) is 24.3 Å². The third kappa shape index (κ3) is 4.18. The number of benzene rings is 2. The van der Waals surface area contributed by atoms with Gasteiger partial charge in [-0.25, -0.2) is 9.59 Å². The highest BCUT2D eigenvalue weighted by molar-refractivity contribution is 5.87. The van der Waals surface area contributed by atoms with E-state index in [1.54, 1.807) is 24.3 Å². The average molecular weight is 284 g/mol. The van der Waals surface area contributed by atoms with Gasteiger partial charge in [0.2, 0.25) is 0 Å². The number of aryl methyl sites for hydroxylation is 2. The highest BCUT2D eigenvalue weighted by atomic mass is 16.4. The first-order chi connectivity index (χ1) is 10.1. The Labute approximate surface area is 122 Å². The average Bonchev–Trinajstić information content (AvgIpc) is 2.48. The molecule has 4 nitrogen and oxygen atoms in total. The Kier molecular flexibility index (Phi) is 4.72. The Hall–Kier alpha value is -2.62. The molecule has 0 amide bonds. The van der Waals surface area contributed by atoms with Crippen molar-refractivity contribution in [3.8, 4) is 0 Å². The van der Waals surface area contributed by atoms with Crippen LogP contribution in [0.5, 0.6) is 0 Å². The molecule has 0 spiro atoms. The molecule has 0 bridgehead atoms. The minimum Gasteiger partial charge on any atom is -0.478 e. The van der Waals surface area contributed by atoms with Gasteiger partial charge < -0.3 is 10.2 Å². The third-order valence-electron chi connectivity index (χ3n) is 3.33. The fourth-order valence-electron chi connectivity index (χ4n) is 2.12. The molecule has 0 radical (unpaired) electrons. The van der Waals surface area contributed by atoms with Crippen LogP contribution in [-0.2, 0) is 12.8 Å². The van der Waals surface area contributed by atoms with Gasteiger partial charge in [-0.1, -0.05) is 24.3 Å². The van der Waals surface area contributed by atoms with Crippen LogP contribution in [-0.4, -0.2) is 22.2 Å². The maximum absolute atomic E-state index is 10.7. The van der Waals surface area contributed by atoms with Crippen molar-refractivity contribution >= 4 is 11.9 Å². The molecule has 0 saturated heterocycles. The quantitative estimate of drug-likeness (QED) is 0.853. The van der Waals surface area contributed by atoms with E-state index in [9.17, 15) is 9.59 Å². The van der Waals surface area contributed by atoms with Crippen molar-refractivity contribution in [3.05, 3.63) is 70.8 Å². The maximum atomic E-state index is 10.7. The summed E-state index contributed by atoms with van der Waals surface area (Å²) < 4.78 is 0. The molecular formula is C17H16O4. The Morgan fingerprint density at radius 2 is 1.00 bits per heavy atom. The molecule has 0 saturated carbocycles. The summed E-state index contributed by atoms with van der Waals surface area (Å²) in [6.07, 6.45) is 2.65. The molecule has 0 heterocycles. The predicted molar refractivity (Wildman–Crippen MR) is 78.8 cm³/mol. The van der Waals surface area contributed by atoms with E-state index in [1.165, 1.54) is 0 Å². The summed E-state index contributed by atoms with van der Waals surface area (Å²) in [4.78, 5) is 21.5. The molecule has 0 aliphatic rings. The zero-order valence-electron chi connectivity index (χ0n) is 11.5. The van der Waals surface area contributed by atoms with E-state index in [0.717, 1.165) is 30.4 Å². The molecule has 2 aromatic rings. The molecule has 0 atom stereocenters. The van der Waals surface area contributed by atoms with Crippen LogP contribution in [0.1, 0.15) is 38.3 Å². The second kappa shape index (κ2) is 6.70. The van der Waals surface area contributed by atoms with E-state index in [0.29, 0.717) is 11.1 Å². The molecule has 0 unspecified atom stereocenters. The summed E-state index contributed by atoms with van der Waals surface area (Å²) in [6.45, 7) is 0. The fraction of sp³-hybridized carbons (Fsp3) is 0.176. The summed E-state index contributed by atoms with van der Waals surface area (Å²) in [5.74, 6) is -1.83. The summed E-state index contributed by atoms with van der Waals surface area (Å²) in [6, 6.07) is 13.8. The fourth-order valence-corrected chi connectivity index (χ4v) is 2.12. The molecule has 2 N–H and O–H groups in total. The number of aromatic carboxylic acids is 2. The normalized spacial score (nSPS) is 10.3. The van der Waals surface area contributed by atoms with Gasteiger partial charge in [0.15, 0.2) is 0 Å². The zero-order chi connectivity index (χ0) is 15.2. The minimum atomic E-state index is -0.917. The van der Waals surface area contributed by atoms with Gasteiger partial charge in [-0.3, -0.25) is 0 Å². The largest absolute Gasteiger partial charge is 0.478 e. The summed E-state index contributed by atoms with van der Waals surface area (Å²) in [5.41, 5.74) is 2.79. The SMILES string of the molecule is O=C(O)c1ccc(CCCc2ccc(C(=O)O)cc2)cc1. The lowest BCUT2D eigenvalue weighted by Gasteiger charge is -2.04. The Balaban J connectivity index is 1.86. The molecule has 0 aliphatic carbocycles. The van der Waals surface area contributed by atoms with Gasteiger partial charge in [-0.05, 0) is 54.7 Å². The van der Waals surface area contributed by atoms with Crippen LogP contribution >= 0.6 is 0 Å². The summed E-state index contributed by atoms with van der Waals surface area (Å²) in [5, 5.41) is 17.6. The van der Waals surface area contributed by atoms with Crippen molar-refractivity contribution in [1.29, 1.82) is 0 Å². The molecular weight excluding hydrogens is 268 g/mol. The smallest absolute Gasteiger partial charge is 0.335 e. The summed E-state index contributed by atoms with van der Waals surface area (Å²) >= 11 is 0. The number of rotatable bonds is 6. The number of carbonyl (C=O) groups is 2. The number of carboxylic acids is 2. The van der Waals surface area contributed by atoms with Gasteiger partial charge in [-0.15, -0.1) is 0 Å². The standard InChI is InChI=1S/C17H16O4/c18-16(19)14-8-4-12(5-9-14)2-1-3-13-6-10-15(11-7-13)17(20)21/h4-11H,1-3H2,(H,18,19)(H,20,21). The van der Waals surface area contributed by atoms with E-state index < -0.39 is 11.9 Å². The Bertz CT molecular complexity index is 569. The molecule has 108 valence electrons. The lowest BCUT2D eigenvalue weighted by Crippen LogP contribution is -1.97. The first kappa shape index (κ1) is 14.8. The first-order valence-corrected chi connectivity index (χ1v) is 6.71. The van der Waals surface area contributed by atoms with Crippen molar-refractivity contribution in [2.45, 2.75) is 19.3 Å². The first-order valence-electron chi connectivity index (χ1n) is 6.71. The van der Waals surface area contributed by atoms with Gasteiger partial charge in [0.05, 0.1) is 11.1 Å². The van der Waals surface area contributed by atoms with E-state index in [2.05, 4.69) is 0 Å². The number of hydrogen-bond acceptors (Lipinski definition) is 2. The monoisotopic (exact) mass is 284 g/mol. The zero-order valence-corrected chi connectivity index (χ0v) is 11.5. The molecule has 0 aliphatic heterocycles. The van der Waals surface area contributed by atoms with Gasteiger partial charge >= 0.3 is 11.9 Å². The van der Waals surface area contributed by atoms with Crippen LogP contribution < -0.4 is 0 Å². The Morgan fingerprint density at radius 3 is 1.29 bits per heavy atom. The van der Waals surface area contributed by atoms with Crippen molar-refractivity contribution in [3.63, 3.8) is 0 Å². The molecule has 0 fully saturated rings. The van der Waals surface area contributed by atoms with Crippen LogP contribution in [0.2, 0.25) is 0 Å². The van der Waals surface area contributed by atoms with Gasteiger partial charge in [0.25, 0.3) is 0 Å². The summed E-state index contributed by atoms with van der Waals surface area (Å²) in [7, 11) is 0. The highest BCUT2D eigenvalue weighted by Gasteiger charge is 2.03. The number of carboxylic acid groups (broad SMARTS) is 2. The van der Waals surface area contributed by atoms with Crippen LogP contribution in [0.3, 0.4) is 0 Å². The topological polar surface area (TPSA) is 74.6 Å². The highest BCUT2D eigenvalue weighted by Crippen LogP contribution is 2.11. The second-order valence-electron chi connectivity index (χ2n) is 4.86. The van der Waals surface area contributed by atoms with E-state index in [4.69, 9.17) is 10.2 Å². The van der Waals surface area contributed by atoms with Crippen molar-refractivity contribution < 1.29 is 19.8 Å². The van der Waals surface area contributed by atoms with Gasteiger partial charge in [0, 0.05) is 0 Å². The third-order valence-corrected chi connectivity index (χ3v) is 3.33. The van der Waals surface area contributed by atoms with Gasteiger partial charge in [-0.2, -0.15) is 0 Å². The second-order valence-corrected chi connectivity index (χ2v) is 4.86. The van der Waals surface area contributed by atoms with Crippen LogP contribution in [0.25, 0.3) is 0 Å². The van der Waals surface area contributed by atoms with Crippen LogP contribution in [0.15, 0.2) is 48.5 Å². The lowest BCUT2D eigenvalue weighted by atomic mass is 10.0. The van der Waals surface area contributed by atoms with Crippen molar-refractivity contribution in [2.75, 3.05) is 0 Å². The molecule has 0 aromatic heterocycles. The Morgan fingerprint density at radius 1 is 0.667 bits per heavy atom. The molecule has 2 aromatic carbocycles. The molecule has 4 heteroatoms. The number of hydrogen-bond donors (Lipinski definition) is 2. The predicted octanol–water partition coefficient (Wildman–Crippen LogP) is 3.26. The van der Waals surface area contributed by atoms with Crippen LogP contribution in [0, 0.1) is 0 Å². The minimum absolute atomic E-state index is 0.294. The van der Waals surface area contributed by atoms with E-state index >= 15 is 0 Å². The maximum Gasteiger partial charge on any atom is 0.335 e.